The molecule has 0 saturated carbocycles. The summed E-state index contributed by atoms with van der Waals surface area (Å²) in [6.45, 7) is 4.02. The summed E-state index contributed by atoms with van der Waals surface area (Å²) in [5.41, 5.74) is 6.41. The number of nitrogens with two attached hydrogens (primary N) is 1. The second-order valence-corrected chi connectivity index (χ2v) is 6.23. The van der Waals surface area contributed by atoms with Gasteiger partial charge in [0.1, 0.15) is 0 Å². The van der Waals surface area contributed by atoms with E-state index in [0.717, 1.165) is 25.7 Å². The Kier molecular flexibility index (Phi) is 6.54. The highest BCUT2D eigenvalue weighted by Gasteiger charge is 2.23. The minimum atomic E-state index is -0.0443. The molecule has 0 atom stereocenters. The number of carbonyl (C=O) groups is 1. The van der Waals surface area contributed by atoms with Gasteiger partial charge >= 0.3 is 0 Å². The molecule has 1 aliphatic heterocycles. The monoisotopic (exact) mass is 340 g/mol. The first kappa shape index (κ1) is 17.9. The van der Waals surface area contributed by atoms with Gasteiger partial charge in [-0.1, -0.05) is 24.9 Å². The van der Waals surface area contributed by atoms with Gasteiger partial charge in [-0.05, 0) is 31.4 Å². The average molecular weight is 341 g/mol. The number of hydrogen-bond acceptors (Lipinski definition) is 4. The summed E-state index contributed by atoms with van der Waals surface area (Å²) < 4.78 is 11.0. The number of methoxy groups -OCH3 is 1. The van der Waals surface area contributed by atoms with Gasteiger partial charge in [-0.3, -0.25) is 4.79 Å². The number of hydrogen-bond donors (Lipinski definition) is 1. The van der Waals surface area contributed by atoms with Crippen LogP contribution < -0.4 is 15.2 Å². The van der Waals surface area contributed by atoms with E-state index in [9.17, 15) is 4.79 Å². The van der Waals surface area contributed by atoms with Crippen molar-refractivity contribution in [2.75, 3.05) is 26.8 Å². The van der Waals surface area contributed by atoms with Crippen molar-refractivity contribution < 1.29 is 14.3 Å². The van der Waals surface area contributed by atoms with Crippen LogP contribution >= 0.6 is 11.6 Å². The molecule has 1 aromatic carbocycles. The third kappa shape index (κ3) is 4.52. The second-order valence-electron chi connectivity index (χ2n) is 5.82. The topological polar surface area (TPSA) is 64.8 Å². The van der Waals surface area contributed by atoms with E-state index < -0.39 is 0 Å². The predicted octanol–water partition coefficient (Wildman–Crippen LogP) is 3.09. The average Bonchev–Trinajstić information content (AvgIpc) is 2.56. The molecule has 1 aromatic rings. The summed E-state index contributed by atoms with van der Waals surface area (Å²) in [5.74, 6) is 0.947. The van der Waals surface area contributed by atoms with Crippen LogP contribution in [0, 0.1) is 0 Å². The molecule has 0 spiro atoms. The summed E-state index contributed by atoms with van der Waals surface area (Å²) in [4.78, 5) is 14.4. The standard InChI is InChI=1S/C17H25ClN2O3/c1-3-4-9-23-16-14(18)10-12(11-15(16)22-2)17(21)20-7-5-13(19)6-8-20/h10-11,13H,3-9,19H2,1-2H3. The quantitative estimate of drug-likeness (QED) is 0.808. The smallest absolute Gasteiger partial charge is 0.254 e. The molecule has 1 heterocycles. The fourth-order valence-electron chi connectivity index (χ4n) is 2.59. The lowest BCUT2D eigenvalue weighted by Gasteiger charge is -2.30. The lowest BCUT2D eigenvalue weighted by molar-refractivity contribution is 0.0714. The zero-order valence-corrected chi connectivity index (χ0v) is 14.6. The van der Waals surface area contributed by atoms with Crippen LogP contribution in [-0.2, 0) is 0 Å². The fourth-order valence-corrected chi connectivity index (χ4v) is 2.85. The molecule has 1 aliphatic rings. The lowest BCUT2D eigenvalue weighted by Crippen LogP contribution is -2.42. The molecule has 2 rings (SSSR count). The minimum Gasteiger partial charge on any atom is -0.493 e. The zero-order chi connectivity index (χ0) is 16.8. The van der Waals surface area contributed by atoms with Gasteiger partial charge in [-0.2, -0.15) is 0 Å². The first-order valence-corrected chi connectivity index (χ1v) is 8.49. The Bertz CT molecular complexity index is 543. The van der Waals surface area contributed by atoms with Gasteiger partial charge in [0.2, 0.25) is 0 Å². The van der Waals surface area contributed by atoms with E-state index in [2.05, 4.69) is 6.92 Å². The van der Waals surface area contributed by atoms with Gasteiger partial charge in [0.15, 0.2) is 11.5 Å². The molecule has 0 unspecified atom stereocenters. The molecule has 0 bridgehead atoms. The van der Waals surface area contributed by atoms with Gasteiger partial charge in [0, 0.05) is 24.7 Å². The van der Waals surface area contributed by atoms with Crippen LogP contribution in [0.1, 0.15) is 43.0 Å². The zero-order valence-electron chi connectivity index (χ0n) is 13.8. The number of rotatable bonds is 6. The van der Waals surface area contributed by atoms with Gasteiger partial charge in [-0.15, -0.1) is 0 Å². The molecule has 1 saturated heterocycles. The minimum absolute atomic E-state index is 0.0443. The maximum Gasteiger partial charge on any atom is 0.254 e. The van der Waals surface area contributed by atoms with E-state index in [4.69, 9.17) is 26.8 Å². The highest BCUT2D eigenvalue weighted by Crippen LogP contribution is 2.37. The van der Waals surface area contributed by atoms with Crippen LogP contribution in [0.5, 0.6) is 11.5 Å². The first-order chi connectivity index (χ1) is 11.1. The molecule has 0 radical (unpaired) electrons. The largest absolute Gasteiger partial charge is 0.493 e. The Morgan fingerprint density at radius 2 is 2.09 bits per heavy atom. The predicted molar refractivity (Wildman–Crippen MR) is 91.5 cm³/mol. The Balaban J connectivity index is 2.16. The van der Waals surface area contributed by atoms with Gasteiger partial charge < -0.3 is 20.1 Å². The molecule has 1 fully saturated rings. The maximum absolute atomic E-state index is 12.6. The molecule has 6 heteroatoms. The van der Waals surface area contributed by atoms with Crippen molar-refractivity contribution in [3.8, 4) is 11.5 Å². The van der Waals surface area contributed by atoms with E-state index in [-0.39, 0.29) is 11.9 Å². The van der Waals surface area contributed by atoms with Crippen molar-refractivity contribution in [1.29, 1.82) is 0 Å². The normalized spacial score (nSPS) is 15.6. The SMILES string of the molecule is CCCCOc1c(Cl)cc(C(=O)N2CCC(N)CC2)cc1OC. The Morgan fingerprint density at radius 1 is 1.39 bits per heavy atom. The highest BCUT2D eigenvalue weighted by atomic mass is 35.5. The number of ether oxygens (including phenoxy) is 2. The summed E-state index contributed by atoms with van der Waals surface area (Å²) in [6, 6.07) is 3.54. The van der Waals surface area contributed by atoms with Gasteiger partial charge in [0.05, 0.1) is 18.7 Å². The molecule has 2 N–H and O–H groups in total. The van der Waals surface area contributed by atoms with Crippen molar-refractivity contribution in [2.24, 2.45) is 5.73 Å². The van der Waals surface area contributed by atoms with Crippen LogP contribution in [0.2, 0.25) is 5.02 Å². The van der Waals surface area contributed by atoms with Crippen LogP contribution in [0.4, 0.5) is 0 Å². The van der Waals surface area contributed by atoms with E-state index >= 15 is 0 Å². The second kappa shape index (κ2) is 8.41. The van der Waals surface area contributed by atoms with Crippen LogP contribution in [0.15, 0.2) is 12.1 Å². The van der Waals surface area contributed by atoms with E-state index in [0.29, 0.717) is 41.8 Å². The van der Waals surface area contributed by atoms with Crippen molar-refractivity contribution in [3.05, 3.63) is 22.7 Å². The third-order valence-electron chi connectivity index (χ3n) is 4.05. The number of carbonyl (C=O) groups excluding carboxylic acids is 1. The van der Waals surface area contributed by atoms with Crippen molar-refractivity contribution in [1.82, 2.24) is 4.90 Å². The number of piperidine rings is 1. The molecule has 1 amide bonds. The number of nitrogens with zero attached hydrogens (tertiary/aromatic N) is 1. The molecule has 128 valence electrons. The fraction of sp³-hybridized carbons (Fsp3) is 0.588. The third-order valence-corrected chi connectivity index (χ3v) is 4.33. The van der Waals surface area contributed by atoms with Crippen molar-refractivity contribution >= 4 is 17.5 Å². The van der Waals surface area contributed by atoms with E-state index in [1.54, 1.807) is 19.2 Å². The Hall–Kier alpha value is -1.46. The van der Waals surface area contributed by atoms with Gasteiger partial charge in [-0.25, -0.2) is 0 Å². The highest BCUT2D eigenvalue weighted by molar-refractivity contribution is 6.32. The molecular formula is C17H25ClN2O3. The van der Waals surface area contributed by atoms with Crippen molar-refractivity contribution in [2.45, 2.75) is 38.6 Å². The molecule has 23 heavy (non-hydrogen) atoms. The first-order valence-electron chi connectivity index (χ1n) is 8.12. The summed E-state index contributed by atoms with van der Waals surface area (Å²) in [5, 5.41) is 0.400. The molecule has 5 nitrogen and oxygen atoms in total. The maximum atomic E-state index is 12.6. The van der Waals surface area contributed by atoms with Crippen LogP contribution in [-0.4, -0.2) is 43.7 Å². The van der Waals surface area contributed by atoms with E-state index in [1.807, 2.05) is 4.90 Å². The number of likely N-dealkylation sites (tertiary alicyclic amines) is 1. The molecule has 0 aliphatic carbocycles. The summed E-state index contributed by atoms with van der Waals surface area (Å²) in [6.07, 6.45) is 3.63. The summed E-state index contributed by atoms with van der Waals surface area (Å²) in [7, 11) is 1.55. The number of unbranched alkanes of at least 4 members (excludes halogenated alkanes) is 1. The van der Waals surface area contributed by atoms with Crippen molar-refractivity contribution in [3.63, 3.8) is 0 Å². The molecular weight excluding hydrogens is 316 g/mol. The Morgan fingerprint density at radius 3 is 2.70 bits per heavy atom. The number of benzene rings is 1. The van der Waals surface area contributed by atoms with Gasteiger partial charge in [0.25, 0.3) is 5.91 Å². The number of amides is 1. The molecule has 0 aromatic heterocycles. The lowest BCUT2D eigenvalue weighted by atomic mass is 10.0. The van der Waals surface area contributed by atoms with Crippen LogP contribution in [0.3, 0.4) is 0 Å². The van der Waals surface area contributed by atoms with Crippen LogP contribution in [0.25, 0.3) is 0 Å². The van der Waals surface area contributed by atoms with E-state index in [1.165, 1.54) is 0 Å². The number of halogens is 1. The summed E-state index contributed by atoms with van der Waals surface area (Å²) >= 11 is 6.30. The Labute approximate surface area is 142 Å².